The van der Waals surface area contributed by atoms with Crippen molar-refractivity contribution in [2.75, 3.05) is 11.4 Å². The number of anilines is 1. The predicted molar refractivity (Wildman–Crippen MR) is 147 cm³/mol. The number of benzene rings is 3. The molecule has 6 rings (SSSR count). The van der Waals surface area contributed by atoms with Gasteiger partial charge in [0.1, 0.15) is 12.1 Å². The molecule has 3 aromatic carbocycles. The molecule has 1 saturated heterocycles. The van der Waals surface area contributed by atoms with E-state index in [1.165, 1.54) is 4.90 Å². The van der Waals surface area contributed by atoms with Crippen LogP contribution in [0.15, 0.2) is 72.8 Å². The van der Waals surface area contributed by atoms with E-state index in [4.69, 9.17) is 0 Å². The number of aromatic amines is 1. The molecule has 192 valence electrons. The molecule has 3 heterocycles. The molecule has 4 amide bonds. The summed E-state index contributed by atoms with van der Waals surface area (Å²) in [6.45, 7) is 4.72. The van der Waals surface area contributed by atoms with Crippen LogP contribution in [-0.4, -0.2) is 40.3 Å². The number of urea groups is 1. The minimum atomic E-state index is -0.613. The number of carbonyl (C=O) groups is 3. The first-order chi connectivity index (χ1) is 18.5. The van der Waals surface area contributed by atoms with Gasteiger partial charge in [-0.2, -0.15) is 0 Å². The number of unbranched alkanes of at least 4 members (excludes halogenated alkanes) is 1. The molecule has 2 N–H and O–H groups in total. The van der Waals surface area contributed by atoms with E-state index in [1.807, 2.05) is 49.4 Å². The molecule has 4 aromatic rings. The molecule has 0 saturated carbocycles. The van der Waals surface area contributed by atoms with Crippen LogP contribution in [0.2, 0.25) is 0 Å². The van der Waals surface area contributed by atoms with Crippen LogP contribution in [0.1, 0.15) is 58.5 Å². The van der Waals surface area contributed by atoms with Gasteiger partial charge in [-0.3, -0.25) is 14.5 Å². The highest BCUT2D eigenvalue weighted by molar-refractivity contribution is 6.22. The Morgan fingerprint density at radius 3 is 2.47 bits per heavy atom. The van der Waals surface area contributed by atoms with Crippen LogP contribution in [0.4, 0.5) is 10.5 Å². The molecule has 2 atom stereocenters. The van der Waals surface area contributed by atoms with Crippen molar-refractivity contribution >= 4 is 34.4 Å². The maximum absolute atomic E-state index is 14.0. The number of carbonyl (C=O) groups excluding carboxylic acids is 3. The van der Waals surface area contributed by atoms with Crippen molar-refractivity contribution in [1.82, 2.24) is 15.2 Å². The van der Waals surface area contributed by atoms with Crippen molar-refractivity contribution in [3.63, 3.8) is 0 Å². The van der Waals surface area contributed by atoms with E-state index in [0.717, 1.165) is 46.1 Å². The largest absolute Gasteiger partial charge is 0.356 e. The Kier molecular flexibility index (Phi) is 5.98. The Hall–Kier alpha value is -4.39. The number of nitrogens with zero attached hydrogens (tertiary/aromatic N) is 2. The quantitative estimate of drug-likeness (QED) is 0.268. The van der Waals surface area contributed by atoms with E-state index in [1.54, 1.807) is 29.2 Å². The van der Waals surface area contributed by atoms with Gasteiger partial charge in [-0.05, 0) is 54.8 Å². The first kappa shape index (κ1) is 24.0. The van der Waals surface area contributed by atoms with Gasteiger partial charge in [-0.25, -0.2) is 9.69 Å². The fraction of sp³-hybridized carbons (Fsp3) is 0.258. The van der Waals surface area contributed by atoms with E-state index in [0.29, 0.717) is 24.2 Å². The molecule has 0 spiro atoms. The first-order valence-electron chi connectivity index (χ1n) is 13.2. The highest BCUT2D eigenvalue weighted by Gasteiger charge is 2.53. The molecule has 0 radical (unpaired) electrons. The summed E-state index contributed by atoms with van der Waals surface area (Å²) in [7, 11) is 0. The van der Waals surface area contributed by atoms with Crippen molar-refractivity contribution in [2.24, 2.45) is 0 Å². The monoisotopic (exact) mass is 506 g/mol. The molecule has 0 aliphatic carbocycles. The summed E-state index contributed by atoms with van der Waals surface area (Å²) in [4.78, 5) is 46.8. The Morgan fingerprint density at radius 1 is 1.00 bits per heavy atom. The third-order valence-corrected chi connectivity index (χ3v) is 7.65. The topological polar surface area (TPSA) is 85.5 Å². The fourth-order valence-electron chi connectivity index (χ4n) is 5.65. The van der Waals surface area contributed by atoms with Crippen LogP contribution >= 0.6 is 0 Å². The lowest BCUT2D eigenvalue weighted by atomic mass is 9.88. The summed E-state index contributed by atoms with van der Waals surface area (Å²) in [6, 6.07) is 21.5. The molecule has 2 aliphatic rings. The van der Waals surface area contributed by atoms with E-state index in [2.05, 4.69) is 23.3 Å². The number of nitrogens with one attached hydrogen (secondary N) is 2. The summed E-state index contributed by atoms with van der Waals surface area (Å²) in [5, 5.41) is 3.98. The number of aryl methyl sites for hydroxylation is 1. The molecule has 7 heteroatoms. The highest BCUT2D eigenvalue weighted by atomic mass is 16.2. The molecular formula is C31H30N4O3. The third-order valence-electron chi connectivity index (χ3n) is 7.65. The SMILES string of the molecule is CCCCNC(=O)c1ccc(N2C(=O)[C@@H]3Cc4c([nH]c5ccccc45)[C@@H](c4ccc(C)cc4)N3C2=O)cc1. The molecule has 7 nitrogen and oxygen atoms in total. The van der Waals surface area contributed by atoms with Crippen LogP contribution in [-0.2, 0) is 11.2 Å². The molecule has 0 unspecified atom stereocenters. The number of para-hydroxylation sites is 1. The summed E-state index contributed by atoms with van der Waals surface area (Å²) in [6.07, 6.45) is 2.36. The van der Waals surface area contributed by atoms with Crippen molar-refractivity contribution in [3.05, 3.63) is 101 Å². The van der Waals surface area contributed by atoms with Crippen molar-refractivity contribution < 1.29 is 14.4 Å². The fourth-order valence-corrected chi connectivity index (χ4v) is 5.65. The standard InChI is InChI=1S/C31H30N4O3/c1-3-4-17-32-29(36)21-13-15-22(16-14-21)34-30(37)26-18-24-23-7-5-6-8-25(23)33-27(24)28(35(26)31(34)38)20-11-9-19(2)10-12-20/h5-16,26,28,33H,3-4,17-18H2,1-2H3,(H,32,36)/t26-,28+/m0/s1. The highest BCUT2D eigenvalue weighted by Crippen LogP contribution is 2.44. The Labute approximate surface area is 221 Å². The second-order valence-corrected chi connectivity index (χ2v) is 10.1. The zero-order valence-electron chi connectivity index (χ0n) is 21.5. The van der Waals surface area contributed by atoms with Crippen LogP contribution in [0.25, 0.3) is 10.9 Å². The predicted octanol–water partition coefficient (Wildman–Crippen LogP) is 5.49. The lowest BCUT2D eigenvalue weighted by Crippen LogP contribution is -2.44. The van der Waals surface area contributed by atoms with Gasteiger partial charge in [0.2, 0.25) is 0 Å². The van der Waals surface area contributed by atoms with Gasteiger partial charge in [0.05, 0.1) is 5.69 Å². The van der Waals surface area contributed by atoms with Gasteiger partial charge in [0.25, 0.3) is 11.8 Å². The average molecular weight is 507 g/mol. The minimum Gasteiger partial charge on any atom is -0.356 e. The Bertz CT molecular complexity index is 1540. The number of rotatable bonds is 6. The lowest BCUT2D eigenvalue weighted by Gasteiger charge is -2.36. The van der Waals surface area contributed by atoms with Crippen LogP contribution < -0.4 is 10.2 Å². The Balaban J connectivity index is 1.37. The normalized spacial score (nSPS) is 18.6. The zero-order valence-corrected chi connectivity index (χ0v) is 21.5. The lowest BCUT2D eigenvalue weighted by molar-refractivity contribution is -0.120. The first-order valence-corrected chi connectivity index (χ1v) is 13.2. The zero-order chi connectivity index (χ0) is 26.4. The Morgan fingerprint density at radius 2 is 1.74 bits per heavy atom. The number of amides is 4. The van der Waals surface area contributed by atoms with Crippen molar-refractivity contribution in [1.29, 1.82) is 0 Å². The van der Waals surface area contributed by atoms with Gasteiger partial charge < -0.3 is 10.3 Å². The number of aromatic nitrogens is 1. The number of hydrogen-bond donors (Lipinski definition) is 2. The van der Waals surface area contributed by atoms with Gasteiger partial charge in [-0.15, -0.1) is 0 Å². The van der Waals surface area contributed by atoms with Gasteiger partial charge in [0, 0.05) is 35.1 Å². The smallest absolute Gasteiger partial charge is 0.332 e. The summed E-state index contributed by atoms with van der Waals surface area (Å²) >= 11 is 0. The molecular weight excluding hydrogens is 476 g/mol. The van der Waals surface area contributed by atoms with Crippen molar-refractivity contribution in [2.45, 2.75) is 45.2 Å². The molecule has 1 aromatic heterocycles. The van der Waals surface area contributed by atoms with Gasteiger partial charge in [0.15, 0.2) is 0 Å². The van der Waals surface area contributed by atoms with E-state index >= 15 is 0 Å². The van der Waals surface area contributed by atoms with Gasteiger partial charge >= 0.3 is 6.03 Å². The molecule has 1 fully saturated rings. The summed E-state index contributed by atoms with van der Waals surface area (Å²) in [5.74, 6) is -0.408. The van der Waals surface area contributed by atoms with Crippen LogP contribution in [0, 0.1) is 6.92 Å². The van der Waals surface area contributed by atoms with E-state index in [-0.39, 0.29) is 17.8 Å². The maximum atomic E-state index is 14.0. The van der Waals surface area contributed by atoms with Crippen LogP contribution in [0.5, 0.6) is 0 Å². The molecule has 2 aliphatic heterocycles. The number of fused-ring (bicyclic) bond motifs is 4. The second kappa shape index (κ2) is 9.49. The molecule has 0 bridgehead atoms. The summed E-state index contributed by atoms with van der Waals surface area (Å²) < 4.78 is 0. The number of H-pyrrole nitrogens is 1. The number of hydrogen-bond acceptors (Lipinski definition) is 3. The van der Waals surface area contributed by atoms with E-state index in [9.17, 15) is 14.4 Å². The minimum absolute atomic E-state index is 0.161. The molecule has 38 heavy (non-hydrogen) atoms. The number of imide groups is 1. The third kappa shape index (κ3) is 3.86. The van der Waals surface area contributed by atoms with E-state index < -0.39 is 12.1 Å². The average Bonchev–Trinajstić information content (AvgIpc) is 3.42. The maximum Gasteiger partial charge on any atom is 0.332 e. The van der Waals surface area contributed by atoms with Crippen molar-refractivity contribution in [3.8, 4) is 0 Å². The second-order valence-electron chi connectivity index (χ2n) is 10.1. The summed E-state index contributed by atoms with van der Waals surface area (Å²) in [5.41, 5.74) is 6.08. The van der Waals surface area contributed by atoms with Gasteiger partial charge in [-0.1, -0.05) is 61.4 Å². The van der Waals surface area contributed by atoms with Crippen LogP contribution in [0.3, 0.4) is 0 Å².